The van der Waals surface area contributed by atoms with Gasteiger partial charge in [0.05, 0.1) is 11.9 Å². The van der Waals surface area contributed by atoms with Gasteiger partial charge in [0, 0.05) is 49.2 Å². The lowest BCUT2D eigenvalue weighted by atomic mass is 10.0. The average Bonchev–Trinajstić information content (AvgIpc) is 3.18. The van der Waals surface area contributed by atoms with Crippen LogP contribution < -0.4 is 5.32 Å². The molecule has 3 rings (SSSR count). The van der Waals surface area contributed by atoms with Gasteiger partial charge >= 0.3 is 0 Å². The van der Waals surface area contributed by atoms with Crippen molar-refractivity contribution in [3.8, 4) is 11.1 Å². The third kappa shape index (κ3) is 3.37. The van der Waals surface area contributed by atoms with Gasteiger partial charge in [0.15, 0.2) is 0 Å². The van der Waals surface area contributed by atoms with Gasteiger partial charge in [0.1, 0.15) is 0 Å². The maximum atomic E-state index is 12.3. The van der Waals surface area contributed by atoms with E-state index in [1.54, 1.807) is 10.9 Å². The second-order valence-corrected chi connectivity index (χ2v) is 5.77. The first-order valence-corrected chi connectivity index (χ1v) is 7.97. The van der Waals surface area contributed by atoms with Gasteiger partial charge in [0.2, 0.25) is 0 Å². The van der Waals surface area contributed by atoms with Crippen LogP contribution in [0.25, 0.3) is 11.1 Å². The lowest BCUT2D eigenvalue weighted by Gasteiger charge is -2.05. The average molecular weight is 323 g/mol. The van der Waals surface area contributed by atoms with Crippen molar-refractivity contribution >= 4 is 5.91 Å². The van der Waals surface area contributed by atoms with Crippen LogP contribution in [0.4, 0.5) is 0 Å². The van der Waals surface area contributed by atoms with Gasteiger partial charge in [-0.05, 0) is 31.5 Å². The van der Waals surface area contributed by atoms with E-state index in [0.717, 1.165) is 28.9 Å². The molecule has 0 bridgehead atoms. The van der Waals surface area contributed by atoms with E-state index in [1.807, 2.05) is 62.2 Å². The van der Waals surface area contributed by atoms with E-state index >= 15 is 0 Å². The number of benzene rings is 1. The highest BCUT2D eigenvalue weighted by Gasteiger charge is 2.09. The number of nitrogens with zero attached hydrogens (tertiary/aromatic N) is 4. The van der Waals surface area contributed by atoms with E-state index in [0.29, 0.717) is 12.1 Å². The molecule has 0 aliphatic heterocycles. The van der Waals surface area contributed by atoms with Crippen LogP contribution in [-0.2, 0) is 20.1 Å². The SMILES string of the molecule is CCn1cc(CNC(=O)c2ccc(-c3cn(C)nc3C)cc2)cn1. The molecule has 0 aliphatic rings. The standard InChI is InChI=1S/C18H21N5O/c1-4-23-11-14(10-20-23)9-19-18(24)16-7-5-15(6-8-16)17-12-22(3)21-13(17)2/h5-8,10-12H,4,9H2,1-3H3,(H,19,24). The molecule has 24 heavy (non-hydrogen) atoms. The van der Waals surface area contributed by atoms with Crippen LogP contribution >= 0.6 is 0 Å². The van der Waals surface area contributed by atoms with Gasteiger partial charge in [-0.2, -0.15) is 10.2 Å². The second-order valence-electron chi connectivity index (χ2n) is 5.77. The number of hydrogen-bond acceptors (Lipinski definition) is 3. The fourth-order valence-electron chi connectivity index (χ4n) is 2.64. The molecule has 2 heterocycles. The van der Waals surface area contributed by atoms with E-state index in [1.165, 1.54) is 0 Å². The Hall–Kier alpha value is -2.89. The number of aromatic nitrogens is 4. The van der Waals surface area contributed by atoms with Gasteiger partial charge in [-0.3, -0.25) is 14.2 Å². The Morgan fingerprint density at radius 1 is 1.21 bits per heavy atom. The molecule has 0 spiro atoms. The summed E-state index contributed by atoms with van der Waals surface area (Å²) in [7, 11) is 1.90. The zero-order valence-electron chi connectivity index (χ0n) is 14.2. The minimum Gasteiger partial charge on any atom is -0.348 e. The highest BCUT2D eigenvalue weighted by molar-refractivity contribution is 5.94. The Kier molecular flexibility index (Phi) is 4.46. The van der Waals surface area contributed by atoms with E-state index in [2.05, 4.69) is 15.5 Å². The molecule has 6 heteroatoms. The minimum atomic E-state index is -0.0892. The largest absolute Gasteiger partial charge is 0.348 e. The van der Waals surface area contributed by atoms with Crippen molar-refractivity contribution in [2.45, 2.75) is 26.9 Å². The maximum Gasteiger partial charge on any atom is 0.251 e. The van der Waals surface area contributed by atoms with E-state index in [-0.39, 0.29) is 5.91 Å². The molecule has 0 aliphatic carbocycles. The van der Waals surface area contributed by atoms with Crippen molar-refractivity contribution in [1.29, 1.82) is 0 Å². The molecule has 6 nitrogen and oxygen atoms in total. The van der Waals surface area contributed by atoms with E-state index in [4.69, 9.17) is 0 Å². The van der Waals surface area contributed by atoms with Gasteiger partial charge in [-0.15, -0.1) is 0 Å². The number of nitrogens with one attached hydrogen (secondary N) is 1. The summed E-state index contributed by atoms with van der Waals surface area (Å²) in [4.78, 5) is 12.3. The number of amides is 1. The molecule has 124 valence electrons. The molecule has 0 radical (unpaired) electrons. The third-order valence-electron chi connectivity index (χ3n) is 3.94. The van der Waals surface area contributed by atoms with Crippen LogP contribution in [0.15, 0.2) is 42.9 Å². The number of hydrogen-bond donors (Lipinski definition) is 1. The molecule has 2 aromatic heterocycles. The second kappa shape index (κ2) is 6.70. The predicted octanol–water partition coefficient (Wildman–Crippen LogP) is 2.54. The van der Waals surface area contributed by atoms with Crippen molar-refractivity contribution in [1.82, 2.24) is 24.9 Å². The van der Waals surface area contributed by atoms with E-state index < -0.39 is 0 Å². The maximum absolute atomic E-state index is 12.3. The molecule has 0 fully saturated rings. The van der Waals surface area contributed by atoms with Crippen LogP contribution in [0, 0.1) is 6.92 Å². The monoisotopic (exact) mass is 323 g/mol. The third-order valence-corrected chi connectivity index (χ3v) is 3.94. The fraction of sp³-hybridized carbons (Fsp3) is 0.278. The van der Waals surface area contributed by atoms with Gasteiger partial charge in [-0.25, -0.2) is 0 Å². The summed E-state index contributed by atoms with van der Waals surface area (Å²) in [5.41, 5.74) is 4.75. The lowest BCUT2D eigenvalue weighted by Crippen LogP contribution is -2.22. The van der Waals surface area contributed by atoms with Crippen molar-refractivity contribution in [3.63, 3.8) is 0 Å². The first kappa shape index (κ1) is 16.0. The molecule has 1 aromatic carbocycles. The summed E-state index contributed by atoms with van der Waals surface area (Å²) >= 11 is 0. The zero-order chi connectivity index (χ0) is 17.1. The predicted molar refractivity (Wildman–Crippen MR) is 92.5 cm³/mol. The number of carbonyl (C=O) groups is 1. The molecule has 0 atom stereocenters. The molecule has 0 unspecified atom stereocenters. The minimum absolute atomic E-state index is 0.0892. The first-order chi connectivity index (χ1) is 11.6. The summed E-state index contributed by atoms with van der Waals surface area (Å²) in [5, 5.41) is 11.5. The molecule has 1 amide bonds. The Labute approximate surface area is 141 Å². The summed E-state index contributed by atoms with van der Waals surface area (Å²) in [5.74, 6) is -0.0892. The topological polar surface area (TPSA) is 64.7 Å². The summed E-state index contributed by atoms with van der Waals surface area (Å²) < 4.78 is 3.63. The van der Waals surface area contributed by atoms with Crippen LogP contribution in [0.3, 0.4) is 0 Å². The Morgan fingerprint density at radius 3 is 2.54 bits per heavy atom. The Bertz CT molecular complexity index is 845. The van der Waals surface area contributed by atoms with Crippen LogP contribution in [0.5, 0.6) is 0 Å². The molecule has 0 saturated heterocycles. The molecular weight excluding hydrogens is 302 g/mol. The van der Waals surface area contributed by atoms with Crippen molar-refractivity contribution < 1.29 is 4.79 Å². The number of rotatable bonds is 5. The first-order valence-electron chi connectivity index (χ1n) is 7.97. The highest BCUT2D eigenvalue weighted by Crippen LogP contribution is 2.22. The van der Waals surface area contributed by atoms with Gasteiger partial charge in [0.25, 0.3) is 5.91 Å². The Morgan fingerprint density at radius 2 is 1.96 bits per heavy atom. The van der Waals surface area contributed by atoms with Crippen LogP contribution in [-0.4, -0.2) is 25.5 Å². The Balaban J connectivity index is 1.66. The smallest absolute Gasteiger partial charge is 0.251 e. The number of carbonyl (C=O) groups excluding carboxylic acids is 1. The molecule has 0 saturated carbocycles. The zero-order valence-corrected chi connectivity index (χ0v) is 14.2. The summed E-state index contributed by atoms with van der Waals surface area (Å²) in [6.07, 6.45) is 5.70. The highest BCUT2D eigenvalue weighted by atomic mass is 16.1. The van der Waals surface area contributed by atoms with Crippen molar-refractivity contribution in [3.05, 3.63) is 59.7 Å². The van der Waals surface area contributed by atoms with Crippen LogP contribution in [0.2, 0.25) is 0 Å². The van der Waals surface area contributed by atoms with Crippen molar-refractivity contribution in [2.75, 3.05) is 0 Å². The molecular formula is C18H21N5O. The van der Waals surface area contributed by atoms with Crippen molar-refractivity contribution in [2.24, 2.45) is 7.05 Å². The molecule has 3 aromatic rings. The molecule has 1 N–H and O–H groups in total. The number of aryl methyl sites for hydroxylation is 3. The lowest BCUT2D eigenvalue weighted by molar-refractivity contribution is 0.0951. The van der Waals surface area contributed by atoms with E-state index in [9.17, 15) is 4.79 Å². The quantitative estimate of drug-likeness (QED) is 0.785. The fourth-order valence-corrected chi connectivity index (χ4v) is 2.64. The van der Waals surface area contributed by atoms with Gasteiger partial charge in [-0.1, -0.05) is 12.1 Å². The van der Waals surface area contributed by atoms with Crippen LogP contribution in [0.1, 0.15) is 28.5 Å². The normalized spacial score (nSPS) is 10.8. The summed E-state index contributed by atoms with van der Waals surface area (Å²) in [6, 6.07) is 7.58. The summed E-state index contributed by atoms with van der Waals surface area (Å²) in [6.45, 7) is 5.30. The van der Waals surface area contributed by atoms with Gasteiger partial charge < -0.3 is 5.32 Å².